The summed E-state index contributed by atoms with van der Waals surface area (Å²) in [5.74, 6) is -1.13. The highest BCUT2D eigenvalue weighted by Crippen LogP contribution is 2.18. The summed E-state index contributed by atoms with van der Waals surface area (Å²) in [7, 11) is 1.53. The molecule has 0 heterocycles. The van der Waals surface area contributed by atoms with Gasteiger partial charge in [-0.3, -0.25) is 4.79 Å². The molecular weight excluding hydrogens is 273 g/mol. The third-order valence-electron chi connectivity index (χ3n) is 3.05. The molecule has 1 amide bonds. The van der Waals surface area contributed by atoms with Crippen LogP contribution < -0.4 is 10.6 Å². The number of amidine groups is 1. The van der Waals surface area contributed by atoms with Gasteiger partial charge in [0.1, 0.15) is 5.82 Å². The van der Waals surface area contributed by atoms with Gasteiger partial charge in [0.2, 0.25) is 0 Å². The van der Waals surface area contributed by atoms with E-state index < -0.39 is 11.7 Å². The molecule has 0 saturated heterocycles. The Bertz CT molecular complexity index is 701. The molecule has 0 saturated carbocycles. The van der Waals surface area contributed by atoms with E-state index in [9.17, 15) is 9.18 Å². The molecule has 2 aromatic rings. The van der Waals surface area contributed by atoms with E-state index in [1.165, 1.54) is 30.1 Å². The molecule has 0 fully saturated rings. The molecule has 0 spiro atoms. The highest BCUT2D eigenvalue weighted by molar-refractivity contribution is 6.06. The smallest absolute Gasteiger partial charge is 0.260 e. The van der Waals surface area contributed by atoms with Crippen LogP contribution in [0.4, 0.5) is 10.1 Å². The number of halogens is 1. The van der Waals surface area contributed by atoms with Crippen LogP contribution in [0.3, 0.4) is 0 Å². The van der Waals surface area contributed by atoms with Crippen LogP contribution >= 0.6 is 0 Å². The number of hydrogen-bond donors (Lipinski definition) is 2. The molecular formula is C15H14FN3O2. The van der Waals surface area contributed by atoms with E-state index in [-0.39, 0.29) is 11.4 Å². The van der Waals surface area contributed by atoms with Gasteiger partial charge < -0.3 is 15.8 Å². The fraction of sp³-hybridized carbons (Fsp3) is 0.0667. The molecule has 6 heteroatoms. The van der Waals surface area contributed by atoms with Crippen molar-refractivity contribution >= 4 is 17.4 Å². The van der Waals surface area contributed by atoms with E-state index in [0.29, 0.717) is 11.3 Å². The molecule has 0 aliphatic heterocycles. The van der Waals surface area contributed by atoms with Crippen LogP contribution in [0.2, 0.25) is 0 Å². The number of nitrogens with zero attached hydrogens (tertiary/aromatic N) is 2. The second-order valence-corrected chi connectivity index (χ2v) is 4.38. The minimum Gasteiger partial charge on any atom is -0.409 e. The van der Waals surface area contributed by atoms with Gasteiger partial charge >= 0.3 is 0 Å². The van der Waals surface area contributed by atoms with Gasteiger partial charge in [0.15, 0.2) is 5.84 Å². The van der Waals surface area contributed by atoms with Crippen molar-refractivity contribution in [2.24, 2.45) is 10.9 Å². The third kappa shape index (κ3) is 3.00. The summed E-state index contributed by atoms with van der Waals surface area (Å²) in [5.41, 5.74) is 6.46. The summed E-state index contributed by atoms with van der Waals surface area (Å²) in [6, 6.07) is 12.3. The summed E-state index contributed by atoms with van der Waals surface area (Å²) in [6.07, 6.45) is 0. The molecule has 2 aromatic carbocycles. The molecule has 108 valence electrons. The number of carbonyl (C=O) groups is 1. The van der Waals surface area contributed by atoms with Crippen LogP contribution in [0.1, 0.15) is 15.9 Å². The molecule has 0 radical (unpaired) electrons. The molecule has 0 unspecified atom stereocenters. The lowest BCUT2D eigenvalue weighted by atomic mass is 10.1. The van der Waals surface area contributed by atoms with Crippen LogP contribution in [0.5, 0.6) is 0 Å². The Morgan fingerprint density at radius 3 is 2.62 bits per heavy atom. The van der Waals surface area contributed by atoms with Crippen LogP contribution in [0.15, 0.2) is 53.7 Å². The topological polar surface area (TPSA) is 78.9 Å². The Balaban J connectivity index is 2.34. The van der Waals surface area contributed by atoms with Crippen molar-refractivity contribution in [3.05, 3.63) is 65.5 Å². The predicted molar refractivity (Wildman–Crippen MR) is 78.1 cm³/mol. The molecule has 5 nitrogen and oxygen atoms in total. The van der Waals surface area contributed by atoms with Crippen molar-refractivity contribution in [2.75, 3.05) is 11.9 Å². The Morgan fingerprint density at radius 2 is 1.95 bits per heavy atom. The zero-order valence-corrected chi connectivity index (χ0v) is 11.3. The van der Waals surface area contributed by atoms with Crippen LogP contribution in [-0.2, 0) is 0 Å². The predicted octanol–water partition coefficient (Wildman–Crippen LogP) is 2.20. The molecule has 3 N–H and O–H groups in total. The summed E-state index contributed by atoms with van der Waals surface area (Å²) in [5, 5.41) is 11.6. The first-order chi connectivity index (χ1) is 10.0. The lowest BCUT2D eigenvalue weighted by Crippen LogP contribution is -2.27. The first kappa shape index (κ1) is 14.5. The lowest BCUT2D eigenvalue weighted by molar-refractivity contribution is 0.0989. The van der Waals surface area contributed by atoms with Gasteiger partial charge in [-0.05, 0) is 24.3 Å². The van der Waals surface area contributed by atoms with Crippen molar-refractivity contribution in [3.63, 3.8) is 0 Å². The molecule has 0 aliphatic carbocycles. The Morgan fingerprint density at radius 1 is 1.24 bits per heavy atom. The minimum atomic E-state index is -0.582. The normalized spacial score (nSPS) is 11.2. The van der Waals surface area contributed by atoms with Crippen molar-refractivity contribution in [3.8, 4) is 0 Å². The number of nitrogens with two attached hydrogens (primary N) is 1. The van der Waals surface area contributed by atoms with Crippen molar-refractivity contribution in [2.45, 2.75) is 0 Å². The monoisotopic (exact) mass is 287 g/mol. The van der Waals surface area contributed by atoms with Gasteiger partial charge in [-0.1, -0.05) is 29.4 Å². The molecule has 2 rings (SSSR count). The van der Waals surface area contributed by atoms with Gasteiger partial charge in [0, 0.05) is 18.3 Å². The zero-order chi connectivity index (χ0) is 15.4. The van der Waals surface area contributed by atoms with Gasteiger partial charge in [-0.25, -0.2) is 4.39 Å². The van der Waals surface area contributed by atoms with E-state index in [1.54, 1.807) is 30.3 Å². The maximum absolute atomic E-state index is 13.7. The lowest BCUT2D eigenvalue weighted by Gasteiger charge is -2.18. The minimum absolute atomic E-state index is 0.0193. The number of benzene rings is 2. The maximum atomic E-state index is 13.7. The average Bonchev–Trinajstić information content (AvgIpc) is 2.53. The van der Waals surface area contributed by atoms with E-state index >= 15 is 0 Å². The Labute approximate surface area is 121 Å². The Hall–Kier alpha value is -2.89. The number of rotatable bonds is 3. The first-order valence-corrected chi connectivity index (χ1v) is 6.15. The zero-order valence-electron chi connectivity index (χ0n) is 11.3. The fourth-order valence-corrected chi connectivity index (χ4v) is 1.86. The summed E-state index contributed by atoms with van der Waals surface area (Å²) in [6.45, 7) is 0. The Kier molecular flexibility index (Phi) is 4.18. The van der Waals surface area contributed by atoms with Crippen LogP contribution in [0.25, 0.3) is 0 Å². The highest BCUT2D eigenvalue weighted by atomic mass is 19.1. The highest BCUT2D eigenvalue weighted by Gasteiger charge is 2.17. The van der Waals surface area contributed by atoms with Crippen LogP contribution in [-0.4, -0.2) is 24.0 Å². The molecule has 0 bridgehead atoms. The van der Waals surface area contributed by atoms with Crippen molar-refractivity contribution < 1.29 is 14.4 Å². The SMILES string of the molecule is CN(C(=O)c1ccccc1F)c1cccc(C(N)=NO)c1. The van der Waals surface area contributed by atoms with Gasteiger partial charge in [-0.15, -0.1) is 0 Å². The molecule has 0 aromatic heterocycles. The van der Waals surface area contributed by atoms with Gasteiger partial charge in [-0.2, -0.15) is 0 Å². The maximum Gasteiger partial charge on any atom is 0.260 e. The molecule has 0 aliphatic rings. The summed E-state index contributed by atoms with van der Waals surface area (Å²) in [4.78, 5) is 13.6. The van der Waals surface area contributed by atoms with E-state index in [1.807, 2.05) is 0 Å². The summed E-state index contributed by atoms with van der Waals surface area (Å²) < 4.78 is 13.7. The largest absolute Gasteiger partial charge is 0.409 e. The van der Waals surface area contributed by atoms with E-state index in [2.05, 4.69) is 5.16 Å². The van der Waals surface area contributed by atoms with Gasteiger partial charge in [0.05, 0.1) is 5.56 Å². The second-order valence-electron chi connectivity index (χ2n) is 4.38. The number of anilines is 1. The quantitative estimate of drug-likeness (QED) is 0.393. The first-order valence-electron chi connectivity index (χ1n) is 6.15. The number of hydrogen-bond acceptors (Lipinski definition) is 3. The molecule has 21 heavy (non-hydrogen) atoms. The van der Waals surface area contributed by atoms with Crippen molar-refractivity contribution in [1.29, 1.82) is 0 Å². The van der Waals surface area contributed by atoms with Gasteiger partial charge in [0.25, 0.3) is 5.91 Å². The second kappa shape index (κ2) is 6.04. The average molecular weight is 287 g/mol. The van der Waals surface area contributed by atoms with Crippen molar-refractivity contribution in [1.82, 2.24) is 0 Å². The van der Waals surface area contributed by atoms with E-state index in [4.69, 9.17) is 10.9 Å². The fourth-order valence-electron chi connectivity index (χ4n) is 1.86. The molecule has 0 atom stereocenters. The number of carbonyl (C=O) groups excluding carboxylic acids is 1. The third-order valence-corrected chi connectivity index (χ3v) is 3.05. The number of amides is 1. The standard InChI is InChI=1S/C15H14FN3O2/c1-19(15(20)12-7-2-3-8-13(12)16)11-6-4-5-10(9-11)14(17)18-21/h2-9,21H,1H3,(H2,17,18). The summed E-state index contributed by atoms with van der Waals surface area (Å²) >= 11 is 0. The van der Waals surface area contributed by atoms with Crippen LogP contribution in [0, 0.1) is 5.82 Å². The number of oxime groups is 1. The van der Waals surface area contributed by atoms with E-state index in [0.717, 1.165) is 0 Å².